The predicted molar refractivity (Wildman–Crippen MR) is 90.5 cm³/mol. The second-order valence-corrected chi connectivity index (χ2v) is 6.02. The van der Waals surface area contributed by atoms with Gasteiger partial charge in [-0.05, 0) is 42.0 Å². The molecule has 2 aromatic carbocycles. The van der Waals surface area contributed by atoms with E-state index in [0.29, 0.717) is 18.8 Å². The lowest BCUT2D eigenvalue weighted by Crippen LogP contribution is -2.22. The molecule has 1 atom stereocenters. The van der Waals surface area contributed by atoms with Gasteiger partial charge in [-0.25, -0.2) is 8.78 Å². The highest BCUT2D eigenvalue weighted by atomic mass is 19.1. The maximum Gasteiger partial charge on any atom is 0.276 e. The maximum atomic E-state index is 13.2. The summed E-state index contributed by atoms with van der Waals surface area (Å²) in [4.78, 5) is 12.3. The molecule has 1 N–H and O–H groups in total. The van der Waals surface area contributed by atoms with Gasteiger partial charge in [-0.1, -0.05) is 18.2 Å². The number of amides is 1. The summed E-state index contributed by atoms with van der Waals surface area (Å²) in [5, 5.41) is 6.94. The molecule has 4 rings (SSSR count). The highest BCUT2D eigenvalue weighted by Crippen LogP contribution is 2.27. The van der Waals surface area contributed by atoms with Crippen LogP contribution in [0.4, 0.5) is 14.5 Å². The van der Waals surface area contributed by atoms with Crippen LogP contribution in [0.1, 0.15) is 27.8 Å². The number of carbonyl (C=O) groups excluding carboxylic acids is 1. The van der Waals surface area contributed by atoms with E-state index in [-0.39, 0.29) is 17.6 Å². The molecule has 5 nitrogen and oxygen atoms in total. The van der Waals surface area contributed by atoms with Crippen molar-refractivity contribution in [2.75, 3.05) is 5.32 Å². The number of aromatic nitrogens is 2. The maximum absolute atomic E-state index is 13.2. The van der Waals surface area contributed by atoms with Gasteiger partial charge in [0.05, 0.1) is 18.8 Å². The summed E-state index contributed by atoms with van der Waals surface area (Å²) in [6.07, 6.45) is -0.262. The van der Waals surface area contributed by atoms with E-state index in [0.717, 1.165) is 11.3 Å². The molecule has 26 heavy (non-hydrogen) atoms. The van der Waals surface area contributed by atoms with Crippen LogP contribution < -0.4 is 5.32 Å². The van der Waals surface area contributed by atoms with Crippen LogP contribution in [0.25, 0.3) is 0 Å². The first-order chi connectivity index (χ1) is 12.6. The summed E-state index contributed by atoms with van der Waals surface area (Å²) < 4.78 is 33.8. The third-order valence-electron chi connectivity index (χ3n) is 4.19. The smallest absolute Gasteiger partial charge is 0.276 e. The SMILES string of the molecule is O=C(Nc1cccc(F)c1)c1cc2n(n1)C[C@H](c1ccc(F)cc1)OC2. The molecule has 0 unspecified atom stereocenters. The number of carbonyl (C=O) groups is 1. The Morgan fingerprint density at radius 1 is 1.12 bits per heavy atom. The first-order valence-corrected chi connectivity index (χ1v) is 8.09. The number of benzene rings is 2. The minimum absolute atomic E-state index is 0.229. The van der Waals surface area contributed by atoms with E-state index < -0.39 is 11.7 Å². The largest absolute Gasteiger partial charge is 0.365 e. The van der Waals surface area contributed by atoms with E-state index in [1.807, 2.05) is 0 Å². The van der Waals surface area contributed by atoms with Gasteiger partial charge in [0, 0.05) is 5.69 Å². The molecule has 0 fully saturated rings. The lowest BCUT2D eigenvalue weighted by molar-refractivity contribution is -0.00122. The summed E-state index contributed by atoms with van der Waals surface area (Å²) in [7, 11) is 0. The number of nitrogens with zero attached hydrogens (tertiary/aromatic N) is 2. The van der Waals surface area contributed by atoms with Gasteiger partial charge >= 0.3 is 0 Å². The van der Waals surface area contributed by atoms with Crippen molar-refractivity contribution in [3.8, 4) is 0 Å². The van der Waals surface area contributed by atoms with Gasteiger partial charge in [0.1, 0.15) is 17.7 Å². The number of rotatable bonds is 3. The minimum Gasteiger partial charge on any atom is -0.365 e. The number of ether oxygens (including phenoxy) is 1. The number of fused-ring (bicyclic) bond motifs is 1. The van der Waals surface area contributed by atoms with Crippen molar-refractivity contribution >= 4 is 11.6 Å². The van der Waals surface area contributed by atoms with Crippen LogP contribution in [-0.2, 0) is 17.9 Å². The monoisotopic (exact) mass is 355 g/mol. The molecule has 3 aromatic rings. The topological polar surface area (TPSA) is 56.2 Å². The fraction of sp³-hybridized carbons (Fsp3) is 0.158. The average Bonchev–Trinajstić information content (AvgIpc) is 3.06. The molecule has 0 saturated carbocycles. The molecule has 132 valence electrons. The molecule has 0 radical (unpaired) electrons. The summed E-state index contributed by atoms with van der Waals surface area (Å²) in [5.41, 5.74) is 2.21. The second-order valence-electron chi connectivity index (χ2n) is 6.02. The van der Waals surface area contributed by atoms with Crippen LogP contribution in [0.15, 0.2) is 54.6 Å². The van der Waals surface area contributed by atoms with Crippen molar-refractivity contribution < 1.29 is 18.3 Å². The molecule has 7 heteroatoms. The molecule has 1 aromatic heterocycles. The first kappa shape index (κ1) is 16.4. The van der Waals surface area contributed by atoms with E-state index >= 15 is 0 Å². The zero-order valence-corrected chi connectivity index (χ0v) is 13.7. The van der Waals surface area contributed by atoms with Crippen LogP contribution in [0.3, 0.4) is 0 Å². The van der Waals surface area contributed by atoms with Crippen LogP contribution in [0.2, 0.25) is 0 Å². The predicted octanol–water partition coefficient (Wildman–Crippen LogP) is 3.69. The second kappa shape index (κ2) is 6.68. The molecule has 0 aliphatic carbocycles. The molecule has 0 saturated heterocycles. The van der Waals surface area contributed by atoms with Gasteiger partial charge in [-0.3, -0.25) is 9.48 Å². The molecular weight excluding hydrogens is 340 g/mol. The fourth-order valence-electron chi connectivity index (χ4n) is 2.88. The summed E-state index contributed by atoms with van der Waals surface area (Å²) in [5.74, 6) is -1.15. The van der Waals surface area contributed by atoms with E-state index in [9.17, 15) is 13.6 Å². The van der Waals surface area contributed by atoms with Crippen LogP contribution >= 0.6 is 0 Å². The molecular formula is C19H15F2N3O2. The third kappa shape index (κ3) is 3.34. The lowest BCUT2D eigenvalue weighted by Gasteiger charge is -2.24. The Labute approximate surface area is 148 Å². The Hall–Kier alpha value is -3.06. The van der Waals surface area contributed by atoms with Crippen molar-refractivity contribution in [2.24, 2.45) is 0 Å². The van der Waals surface area contributed by atoms with Gasteiger partial charge in [0.25, 0.3) is 5.91 Å². The molecule has 0 bridgehead atoms. The van der Waals surface area contributed by atoms with Crippen molar-refractivity contribution in [3.05, 3.63) is 83.2 Å². The Morgan fingerprint density at radius 2 is 1.92 bits per heavy atom. The zero-order valence-electron chi connectivity index (χ0n) is 13.7. The van der Waals surface area contributed by atoms with Crippen LogP contribution in [0, 0.1) is 11.6 Å². The quantitative estimate of drug-likeness (QED) is 0.780. The van der Waals surface area contributed by atoms with Crippen molar-refractivity contribution in [1.29, 1.82) is 0 Å². The Kier molecular flexibility index (Phi) is 4.22. The van der Waals surface area contributed by atoms with Gasteiger partial charge < -0.3 is 10.1 Å². The normalized spacial score (nSPS) is 16.2. The van der Waals surface area contributed by atoms with E-state index in [2.05, 4.69) is 10.4 Å². The highest BCUT2D eigenvalue weighted by Gasteiger charge is 2.24. The Balaban J connectivity index is 1.50. The molecule has 0 spiro atoms. The molecule has 1 amide bonds. The van der Waals surface area contributed by atoms with Crippen LogP contribution in [-0.4, -0.2) is 15.7 Å². The Bertz CT molecular complexity index is 954. The lowest BCUT2D eigenvalue weighted by atomic mass is 10.1. The average molecular weight is 355 g/mol. The van der Waals surface area contributed by atoms with Crippen molar-refractivity contribution in [1.82, 2.24) is 9.78 Å². The summed E-state index contributed by atoms with van der Waals surface area (Å²) >= 11 is 0. The van der Waals surface area contributed by atoms with Crippen molar-refractivity contribution in [2.45, 2.75) is 19.3 Å². The van der Waals surface area contributed by atoms with Crippen LogP contribution in [0.5, 0.6) is 0 Å². The zero-order chi connectivity index (χ0) is 18.1. The Morgan fingerprint density at radius 3 is 2.69 bits per heavy atom. The fourth-order valence-corrected chi connectivity index (χ4v) is 2.88. The molecule has 1 aliphatic rings. The third-order valence-corrected chi connectivity index (χ3v) is 4.19. The van der Waals surface area contributed by atoms with Crippen molar-refractivity contribution in [3.63, 3.8) is 0 Å². The van der Waals surface area contributed by atoms with E-state index in [4.69, 9.17) is 4.74 Å². The summed E-state index contributed by atoms with van der Waals surface area (Å²) in [6, 6.07) is 13.4. The number of halogens is 2. The van der Waals surface area contributed by atoms with Gasteiger partial charge in [-0.15, -0.1) is 0 Å². The standard InChI is InChI=1S/C19H15F2N3O2/c20-13-6-4-12(5-7-13)18-10-24-16(11-26-18)9-17(23-24)19(25)22-15-3-1-2-14(21)8-15/h1-9,18H,10-11H2,(H,22,25)/t18-/m1/s1. The molecule has 2 heterocycles. The highest BCUT2D eigenvalue weighted by molar-refractivity contribution is 6.02. The number of hydrogen-bond donors (Lipinski definition) is 1. The van der Waals surface area contributed by atoms with E-state index in [1.165, 1.54) is 30.3 Å². The number of nitrogens with one attached hydrogen (secondary N) is 1. The molecule has 1 aliphatic heterocycles. The minimum atomic E-state index is -0.428. The van der Waals surface area contributed by atoms with Gasteiger partial charge in [0.15, 0.2) is 5.69 Å². The van der Waals surface area contributed by atoms with E-state index in [1.54, 1.807) is 28.9 Å². The van der Waals surface area contributed by atoms with Gasteiger partial charge in [-0.2, -0.15) is 5.10 Å². The first-order valence-electron chi connectivity index (χ1n) is 8.09. The van der Waals surface area contributed by atoms with Gasteiger partial charge in [0.2, 0.25) is 0 Å². The number of anilines is 1. The summed E-state index contributed by atoms with van der Waals surface area (Å²) in [6.45, 7) is 0.719. The number of hydrogen-bond acceptors (Lipinski definition) is 3.